The summed E-state index contributed by atoms with van der Waals surface area (Å²) in [7, 11) is 0. The molecule has 2 saturated heterocycles. The summed E-state index contributed by atoms with van der Waals surface area (Å²) in [5, 5.41) is -0.696. The fraction of sp³-hybridized carbons (Fsp3) is 0.357. The number of benzene rings is 2. The maximum Gasteiger partial charge on any atom is 0.416 e. The van der Waals surface area contributed by atoms with E-state index >= 15 is 0 Å². The van der Waals surface area contributed by atoms with Crippen molar-refractivity contribution in [2.45, 2.75) is 48.2 Å². The molecule has 6 rings (SSSR count). The highest BCUT2D eigenvalue weighted by Gasteiger charge is 2.57. The third-order valence-corrected chi connectivity index (χ3v) is 10.3. The van der Waals surface area contributed by atoms with E-state index in [1.807, 2.05) is 0 Å². The molecule has 0 N–H and O–H groups in total. The molecular formula is C28H23F4N3O4S2. The van der Waals surface area contributed by atoms with E-state index in [1.165, 1.54) is 34.9 Å². The number of thioether (sulfide) groups is 1. The number of anilines is 1. The molecule has 0 radical (unpaired) electrons. The first-order chi connectivity index (χ1) is 19.5. The van der Waals surface area contributed by atoms with Crippen LogP contribution in [-0.4, -0.2) is 45.5 Å². The van der Waals surface area contributed by atoms with Crippen LogP contribution in [0.3, 0.4) is 0 Å². The fourth-order valence-electron chi connectivity index (χ4n) is 5.74. The van der Waals surface area contributed by atoms with Crippen LogP contribution in [0.1, 0.15) is 41.2 Å². The number of fused-ring (bicyclic) bond motifs is 2. The van der Waals surface area contributed by atoms with Gasteiger partial charge in [0.15, 0.2) is 0 Å². The van der Waals surface area contributed by atoms with E-state index in [0.29, 0.717) is 28.6 Å². The minimum absolute atomic E-state index is 0.205. The molecule has 7 nitrogen and oxygen atoms in total. The highest BCUT2D eigenvalue weighted by atomic mass is 32.2. The minimum Gasteiger partial charge on any atom is -0.341 e. The van der Waals surface area contributed by atoms with Crippen LogP contribution in [0.15, 0.2) is 58.4 Å². The maximum atomic E-state index is 13.8. The number of thiazole rings is 1. The summed E-state index contributed by atoms with van der Waals surface area (Å²) in [6, 6.07) is 9.36. The predicted octanol–water partition coefficient (Wildman–Crippen LogP) is 4.88. The van der Waals surface area contributed by atoms with Gasteiger partial charge in [0.05, 0.1) is 22.2 Å². The number of rotatable bonds is 4. The zero-order valence-corrected chi connectivity index (χ0v) is 23.0. The van der Waals surface area contributed by atoms with Crippen molar-refractivity contribution in [1.82, 2.24) is 9.47 Å². The molecule has 214 valence electrons. The van der Waals surface area contributed by atoms with Gasteiger partial charge in [0, 0.05) is 23.9 Å². The number of carbonyl (C=O) groups excluding carboxylic acids is 3. The van der Waals surface area contributed by atoms with Crippen LogP contribution in [0.25, 0.3) is 0 Å². The average Bonchev–Trinajstić information content (AvgIpc) is 3.39. The van der Waals surface area contributed by atoms with E-state index in [9.17, 15) is 36.7 Å². The number of piperidine rings is 1. The van der Waals surface area contributed by atoms with Gasteiger partial charge < -0.3 is 4.90 Å². The molecule has 2 aromatic carbocycles. The molecule has 3 aliphatic rings. The number of halogens is 4. The minimum atomic E-state index is -4.68. The van der Waals surface area contributed by atoms with Gasteiger partial charge in [0.2, 0.25) is 17.7 Å². The summed E-state index contributed by atoms with van der Waals surface area (Å²) in [6.45, 7) is 0.953. The number of imide groups is 1. The monoisotopic (exact) mass is 605 g/mol. The molecule has 0 bridgehead atoms. The van der Waals surface area contributed by atoms with Crippen molar-refractivity contribution in [3.63, 3.8) is 0 Å². The summed E-state index contributed by atoms with van der Waals surface area (Å²) < 4.78 is 55.5. The number of amides is 3. The molecule has 3 atom stereocenters. The Bertz CT molecular complexity index is 1590. The van der Waals surface area contributed by atoms with Gasteiger partial charge in [-0.25, -0.2) is 9.29 Å². The van der Waals surface area contributed by atoms with E-state index in [2.05, 4.69) is 0 Å². The lowest BCUT2D eigenvalue weighted by Gasteiger charge is -2.31. The number of aromatic nitrogens is 1. The van der Waals surface area contributed by atoms with E-state index in [0.717, 1.165) is 65.5 Å². The molecule has 3 aromatic rings. The van der Waals surface area contributed by atoms with Crippen LogP contribution in [-0.2, 0) is 27.1 Å². The maximum absolute atomic E-state index is 13.8. The molecule has 13 heteroatoms. The van der Waals surface area contributed by atoms with Gasteiger partial charge in [0.25, 0.3) is 0 Å². The summed E-state index contributed by atoms with van der Waals surface area (Å²) >= 11 is 1.84. The number of alkyl halides is 3. The Morgan fingerprint density at radius 1 is 0.951 bits per heavy atom. The van der Waals surface area contributed by atoms with E-state index in [4.69, 9.17) is 0 Å². The Morgan fingerprint density at radius 3 is 2.34 bits per heavy atom. The van der Waals surface area contributed by atoms with Gasteiger partial charge in [-0.15, -0.1) is 0 Å². The molecular weight excluding hydrogens is 582 g/mol. The van der Waals surface area contributed by atoms with Crippen molar-refractivity contribution in [1.29, 1.82) is 0 Å². The number of likely N-dealkylation sites (tertiary alicyclic amines) is 1. The van der Waals surface area contributed by atoms with Crippen LogP contribution in [0.2, 0.25) is 0 Å². The third kappa shape index (κ3) is 4.88. The Balaban J connectivity index is 1.43. The summed E-state index contributed by atoms with van der Waals surface area (Å²) in [4.78, 5) is 56.4. The number of nitrogens with zero attached hydrogens (tertiary/aromatic N) is 3. The van der Waals surface area contributed by atoms with Gasteiger partial charge in [-0.1, -0.05) is 41.3 Å². The second-order valence-electron chi connectivity index (χ2n) is 10.2. The van der Waals surface area contributed by atoms with Gasteiger partial charge in [-0.05, 0) is 55.2 Å². The Labute approximate surface area is 239 Å². The van der Waals surface area contributed by atoms with Crippen LogP contribution in [0.5, 0.6) is 0 Å². The van der Waals surface area contributed by atoms with Gasteiger partial charge in [-0.2, -0.15) is 13.2 Å². The molecule has 3 amide bonds. The smallest absolute Gasteiger partial charge is 0.341 e. The first kappa shape index (κ1) is 27.7. The Morgan fingerprint density at radius 2 is 1.66 bits per heavy atom. The van der Waals surface area contributed by atoms with Gasteiger partial charge in [0.1, 0.15) is 17.6 Å². The normalized spacial score (nSPS) is 22.6. The van der Waals surface area contributed by atoms with Crippen LogP contribution < -0.4 is 9.77 Å². The Hall–Kier alpha value is -3.45. The molecule has 1 aromatic heterocycles. The molecule has 4 heterocycles. The third-order valence-electron chi connectivity index (χ3n) is 7.71. The first-order valence-electron chi connectivity index (χ1n) is 13.0. The van der Waals surface area contributed by atoms with Crippen LogP contribution in [0, 0.1) is 11.7 Å². The fourth-order valence-corrected chi connectivity index (χ4v) is 8.51. The average molecular weight is 606 g/mol. The molecule has 0 aliphatic carbocycles. The van der Waals surface area contributed by atoms with Gasteiger partial charge >= 0.3 is 11.0 Å². The predicted molar refractivity (Wildman–Crippen MR) is 144 cm³/mol. The standard InChI is InChI=1S/C28H23F4N3O4S2/c29-17-9-7-15(8-10-17)20-21-22(25(38)35(24(21)37)18-6-4-5-16(13-18)28(30,31)32)40-26-23(20)41-27(39)34(26)14-19(36)33-11-2-1-3-12-33/h4-10,13,20-22H,1-3,11-12,14H2/t20-,21+,22-/m0/s1. The summed E-state index contributed by atoms with van der Waals surface area (Å²) in [5.74, 6) is -4.06. The lowest BCUT2D eigenvalue weighted by atomic mass is 9.83. The van der Waals surface area contributed by atoms with Crippen LogP contribution in [0.4, 0.5) is 23.2 Å². The zero-order valence-electron chi connectivity index (χ0n) is 21.4. The van der Waals surface area contributed by atoms with Crippen molar-refractivity contribution >= 4 is 46.5 Å². The highest BCUT2D eigenvalue weighted by Crippen LogP contribution is 2.54. The van der Waals surface area contributed by atoms with Crippen molar-refractivity contribution in [3.05, 3.63) is 80.0 Å². The SMILES string of the molecule is O=C(Cn1c2c(sc1=O)[C@@H](c1ccc(F)cc1)[C@H]1C(=O)N(c3cccc(C(F)(F)F)c3)C(=O)[C@H]1S2)N1CCCCC1. The second-order valence-corrected chi connectivity index (χ2v) is 12.3. The Kier molecular flexibility index (Phi) is 7.05. The molecule has 3 aliphatic heterocycles. The molecule has 0 unspecified atom stereocenters. The number of carbonyl (C=O) groups is 3. The quantitative estimate of drug-likeness (QED) is 0.313. The highest BCUT2D eigenvalue weighted by molar-refractivity contribution is 8.00. The van der Waals surface area contributed by atoms with E-state index < -0.39 is 51.3 Å². The lowest BCUT2D eigenvalue weighted by molar-refractivity contribution is -0.137. The largest absolute Gasteiger partial charge is 0.416 e. The lowest BCUT2D eigenvalue weighted by Crippen LogP contribution is -2.39. The van der Waals surface area contributed by atoms with Crippen molar-refractivity contribution in [3.8, 4) is 0 Å². The topological polar surface area (TPSA) is 79.7 Å². The molecule has 41 heavy (non-hydrogen) atoms. The number of hydrogen-bond acceptors (Lipinski definition) is 6. The first-order valence-corrected chi connectivity index (χ1v) is 14.7. The van der Waals surface area contributed by atoms with E-state index in [1.54, 1.807) is 4.90 Å². The molecule has 0 spiro atoms. The van der Waals surface area contributed by atoms with Crippen molar-refractivity contribution in [2.24, 2.45) is 5.92 Å². The van der Waals surface area contributed by atoms with Crippen LogP contribution >= 0.6 is 23.1 Å². The number of hydrogen-bond donors (Lipinski definition) is 0. The van der Waals surface area contributed by atoms with E-state index in [-0.39, 0.29) is 18.1 Å². The second kappa shape index (κ2) is 10.4. The molecule has 0 saturated carbocycles. The van der Waals surface area contributed by atoms with Crippen molar-refractivity contribution < 1.29 is 31.9 Å². The summed E-state index contributed by atoms with van der Waals surface area (Å²) in [5.41, 5.74) is -0.730. The molecule has 2 fully saturated rings. The zero-order chi connectivity index (χ0) is 29.1. The van der Waals surface area contributed by atoms with Gasteiger partial charge in [-0.3, -0.25) is 23.7 Å². The summed E-state index contributed by atoms with van der Waals surface area (Å²) in [6.07, 6.45) is -1.92. The van der Waals surface area contributed by atoms with Crippen molar-refractivity contribution in [2.75, 3.05) is 18.0 Å².